The summed E-state index contributed by atoms with van der Waals surface area (Å²) in [6.45, 7) is 0. The molecule has 0 bridgehead atoms. The summed E-state index contributed by atoms with van der Waals surface area (Å²) in [7, 11) is 0. The molecule has 0 saturated carbocycles. The summed E-state index contributed by atoms with van der Waals surface area (Å²) in [6.07, 6.45) is 3.39. The zero-order chi connectivity index (χ0) is 14.1. The molecule has 4 nitrogen and oxygen atoms in total. The molecule has 3 N–H and O–H groups in total. The zero-order valence-electron chi connectivity index (χ0n) is 10.3. The topological polar surface area (TPSA) is 71.8 Å². The highest BCUT2D eigenvalue weighted by molar-refractivity contribution is 7.99. The second-order valence-electron chi connectivity index (χ2n) is 4.17. The predicted molar refractivity (Wildman–Crippen MR) is 80.2 cm³/mol. The normalized spacial score (nSPS) is 10.8. The molecule has 100 valence electrons. The van der Waals surface area contributed by atoms with Crippen molar-refractivity contribution in [2.75, 3.05) is 0 Å². The number of fused-ring (bicyclic) bond motifs is 1. The second kappa shape index (κ2) is 5.19. The van der Waals surface area contributed by atoms with Crippen molar-refractivity contribution in [3.8, 4) is 0 Å². The van der Waals surface area contributed by atoms with Crippen LogP contribution >= 0.6 is 23.4 Å². The lowest BCUT2D eigenvalue weighted by atomic mass is 10.3. The number of hydrogen-bond donors (Lipinski definition) is 2. The van der Waals surface area contributed by atoms with Crippen LogP contribution in [0.25, 0.3) is 10.9 Å². The highest BCUT2D eigenvalue weighted by Crippen LogP contribution is 2.36. The first kappa shape index (κ1) is 13.0. The number of carbonyl (C=O) groups excluding carboxylic acids is 1. The Morgan fingerprint density at radius 1 is 1.25 bits per heavy atom. The highest BCUT2D eigenvalue weighted by atomic mass is 35.5. The predicted octanol–water partition coefficient (Wildman–Crippen LogP) is 3.47. The van der Waals surface area contributed by atoms with Crippen molar-refractivity contribution in [2.45, 2.75) is 9.79 Å². The van der Waals surface area contributed by atoms with Crippen molar-refractivity contribution in [1.29, 1.82) is 0 Å². The average Bonchev–Trinajstić information content (AvgIpc) is 2.81. The van der Waals surface area contributed by atoms with Gasteiger partial charge in [-0.2, -0.15) is 0 Å². The molecule has 20 heavy (non-hydrogen) atoms. The first-order valence-electron chi connectivity index (χ1n) is 5.84. The molecule has 0 aliphatic carbocycles. The molecule has 6 heteroatoms. The molecule has 2 heterocycles. The molecule has 3 rings (SSSR count). The Morgan fingerprint density at radius 2 is 2.00 bits per heavy atom. The van der Waals surface area contributed by atoms with Crippen LogP contribution in [0.3, 0.4) is 0 Å². The van der Waals surface area contributed by atoms with Gasteiger partial charge in [0.05, 0.1) is 10.4 Å². The number of aromatic amines is 1. The Labute approximate surface area is 124 Å². The van der Waals surface area contributed by atoms with Crippen molar-refractivity contribution in [3.63, 3.8) is 0 Å². The van der Waals surface area contributed by atoms with Crippen LogP contribution in [0.15, 0.2) is 52.5 Å². The number of carbonyl (C=O) groups is 1. The zero-order valence-corrected chi connectivity index (χ0v) is 11.8. The summed E-state index contributed by atoms with van der Waals surface area (Å²) in [5, 5.41) is 1.55. The van der Waals surface area contributed by atoms with Gasteiger partial charge in [0.2, 0.25) is 0 Å². The third-order valence-electron chi connectivity index (χ3n) is 2.83. The summed E-state index contributed by atoms with van der Waals surface area (Å²) in [4.78, 5) is 20.5. The maximum Gasteiger partial charge on any atom is 0.266 e. The number of H-pyrrole nitrogens is 1. The number of amides is 1. The van der Waals surface area contributed by atoms with Crippen molar-refractivity contribution in [1.82, 2.24) is 9.97 Å². The lowest BCUT2D eigenvalue weighted by Crippen LogP contribution is -2.12. The molecular weight excluding hydrogens is 294 g/mol. The molecule has 0 atom stereocenters. The minimum absolute atomic E-state index is 0.396. The summed E-state index contributed by atoms with van der Waals surface area (Å²) in [6, 6.07) is 9.22. The Hall–Kier alpha value is -1.98. The molecule has 3 aromatic rings. The van der Waals surface area contributed by atoms with Gasteiger partial charge in [-0.15, -0.1) is 0 Å². The van der Waals surface area contributed by atoms with Gasteiger partial charge in [-0.1, -0.05) is 23.4 Å². The lowest BCUT2D eigenvalue weighted by molar-refractivity contribution is 0.0993. The number of nitrogens with zero attached hydrogens (tertiary/aromatic N) is 1. The SMILES string of the molecule is NC(=O)c1[nH]c2ccncc2c1Sc1ccc(Cl)cc1. The van der Waals surface area contributed by atoms with Gasteiger partial charge in [-0.05, 0) is 30.3 Å². The van der Waals surface area contributed by atoms with Gasteiger partial charge in [0.25, 0.3) is 5.91 Å². The number of halogens is 1. The monoisotopic (exact) mass is 303 g/mol. The first-order valence-corrected chi connectivity index (χ1v) is 7.03. The molecule has 0 spiro atoms. The number of hydrogen-bond acceptors (Lipinski definition) is 3. The third kappa shape index (κ3) is 2.37. The molecule has 2 aromatic heterocycles. The van der Waals surface area contributed by atoms with Crippen LogP contribution < -0.4 is 5.73 Å². The average molecular weight is 304 g/mol. The second-order valence-corrected chi connectivity index (χ2v) is 5.69. The molecule has 0 fully saturated rings. The number of rotatable bonds is 3. The van der Waals surface area contributed by atoms with Crippen molar-refractivity contribution in [3.05, 3.63) is 53.4 Å². The van der Waals surface area contributed by atoms with E-state index in [9.17, 15) is 4.79 Å². The van der Waals surface area contributed by atoms with Gasteiger partial charge in [0.1, 0.15) is 5.69 Å². The van der Waals surface area contributed by atoms with Gasteiger partial charge in [0.15, 0.2) is 0 Å². The van der Waals surface area contributed by atoms with Crippen LogP contribution in [0, 0.1) is 0 Å². The van der Waals surface area contributed by atoms with E-state index in [1.807, 2.05) is 18.2 Å². The number of aromatic nitrogens is 2. The standard InChI is InChI=1S/C14H10ClN3OS/c15-8-1-3-9(4-2-8)20-13-10-7-17-6-5-11(10)18-12(13)14(16)19/h1-7,18H,(H2,16,19). The molecule has 0 radical (unpaired) electrons. The minimum atomic E-state index is -0.488. The molecular formula is C14H10ClN3OS. The largest absolute Gasteiger partial charge is 0.364 e. The van der Waals surface area contributed by atoms with Gasteiger partial charge >= 0.3 is 0 Å². The number of benzene rings is 1. The smallest absolute Gasteiger partial charge is 0.266 e. The van der Waals surface area contributed by atoms with Crippen molar-refractivity contribution >= 4 is 40.2 Å². The number of primary amides is 1. The Balaban J connectivity index is 2.11. The summed E-state index contributed by atoms with van der Waals surface area (Å²) in [5.41, 5.74) is 6.67. The summed E-state index contributed by atoms with van der Waals surface area (Å²) < 4.78 is 0. The van der Waals surface area contributed by atoms with Crippen LogP contribution in [0.5, 0.6) is 0 Å². The minimum Gasteiger partial charge on any atom is -0.364 e. The van der Waals surface area contributed by atoms with E-state index in [0.29, 0.717) is 10.7 Å². The van der Waals surface area contributed by atoms with Gasteiger partial charge in [-0.3, -0.25) is 9.78 Å². The highest BCUT2D eigenvalue weighted by Gasteiger charge is 2.16. The Morgan fingerprint density at radius 3 is 2.70 bits per heavy atom. The van der Waals surface area contributed by atoms with E-state index in [0.717, 1.165) is 20.7 Å². The molecule has 1 amide bonds. The van der Waals surface area contributed by atoms with Gasteiger partial charge in [-0.25, -0.2) is 0 Å². The summed E-state index contributed by atoms with van der Waals surface area (Å²) >= 11 is 7.33. The molecule has 0 aliphatic heterocycles. The van der Waals surface area contributed by atoms with E-state index in [4.69, 9.17) is 17.3 Å². The van der Waals surface area contributed by atoms with Crippen molar-refractivity contribution in [2.24, 2.45) is 5.73 Å². The molecule has 1 aromatic carbocycles. The van der Waals surface area contributed by atoms with Crippen LogP contribution in [0.1, 0.15) is 10.5 Å². The van der Waals surface area contributed by atoms with E-state index in [2.05, 4.69) is 9.97 Å². The van der Waals surface area contributed by atoms with E-state index in [1.165, 1.54) is 11.8 Å². The van der Waals surface area contributed by atoms with Gasteiger partial charge in [0, 0.05) is 27.7 Å². The van der Waals surface area contributed by atoms with Crippen molar-refractivity contribution < 1.29 is 4.79 Å². The quantitative estimate of drug-likeness (QED) is 0.778. The number of nitrogens with one attached hydrogen (secondary N) is 1. The van der Waals surface area contributed by atoms with Crippen LogP contribution in [0.4, 0.5) is 0 Å². The first-order chi connectivity index (χ1) is 9.65. The fourth-order valence-corrected chi connectivity index (χ4v) is 3.07. The summed E-state index contributed by atoms with van der Waals surface area (Å²) in [5.74, 6) is -0.488. The van der Waals surface area contributed by atoms with Crippen LogP contribution in [-0.4, -0.2) is 15.9 Å². The third-order valence-corrected chi connectivity index (χ3v) is 4.22. The fourth-order valence-electron chi connectivity index (χ4n) is 1.91. The maximum atomic E-state index is 11.6. The molecule has 0 saturated heterocycles. The lowest BCUT2D eigenvalue weighted by Gasteiger charge is -2.02. The van der Waals surface area contributed by atoms with Crippen LogP contribution in [-0.2, 0) is 0 Å². The number of pyridine rings is 1. The van der Waals surface area contributed by atoms with Gasteiger partial charge < -0.3 is 10.7 Å². The Bertz CT molecular complexity index is 783. The van der Waals surface area contributed by atoms with Crippen LogP contribution in [0.2, 0.25) is 5.02 Å². The maximum absolute atomic E-state index is 11.6. The molecule has 0 aliphatic rings. The van der Waals surface area contributed by atoms with E-state index in [-0.39, 0.29) is 0 Å². The number of nitrogens with two attached hydrogens (primary N) is 1. The van der Waals surface area contributed by atoms with E-state index >= 15 is 0 Å². The fraction of sp³-hybridized carbons (Fsp3) is 0. The van der Waals surface area contributed by atoms with E-state index < -0.39 is 5.91 Å². The molecule has 0 unspecified atom stereocenters. The Kier molecular flexibility index (Phi) is 3.38. The van der Waals surface area contributed by atoms with E-state index in [1.54, 1.807) is 24.5 Å².